The summed E-state index contributed by atoms with van der Waals surface area (Å²) in [5.74, 6) is 0.232. The van der Waals surface area contributed by atoms with Crippen LogP contribution < -0.4 is 0 Å². The number of hydrogen-bond acceptors (Lipinski definition) is 1. The quantitative estimate of drug-likeness (QED) is 0.415. The van der Waals surface area contributed by atoms with E-state index in [0.717, 1.165) is 30.4 Å². The predicted molar refractivity (Wildman–Crippen MR) is 96.8 cm³/mol. The molecule has 0 bridgehead atoms. The maximum absolute atomic E-state index is 11.7. The molecule has 122 valence electrons. The van der Waals surface area contributed by atoms with E-state index in [4.69, 9.17) is 0 Å². The molecule has 0 aliphatic heterocycles. The van der Waals surface area contributed by atoms with Crippen LogP contribution in [0.3, 0.4) is 0 Å². The first-order valence-corrected chi connectivity index (χ1v) is 8.72. The van der Waals surface area contributed by atoms with Crippen molar-refractivity contribution < 1.29 is 5.11 Å². The summed E-state index contributed by atoms with van der Waals surface area (Å²) in [5, 5.41) is 11.7. The first-order valence-electron chi connectivity index (χ1n) is 8.72. The van der Waals surface area contributed by atoms with Crippen molar-refractivity contribution in [3.63, 3.8) is 0 Å². The fourth-order valence-corrected chi connectivity index (χ4v) is 3.38. The second kappa shape index (κ2) is 9.63. The van der Waals surface area contributed by atoms with Crippen LogP contribution in [0, 0.1) is 5.92 Å². The van der Waals surface area contributed by atoms with Crippen molar-refractivity contribution in [2.45, 2.75) is 64.9 Å². The zero-order chi connectivity index (χ0) is 16.4. The van der Waals surface area contributed by atoms with Crippen LogP contribution >= 0.6 is 0 Å². The van der Waals surface area contributed by atoms with Gasteiger partial charge in [0.2, 0.25) is 0 Å². The van der Waals surface area contributed by atoms with Crippen molar-refractivity contribution in [3.8, 4) is 0 Å². The Kier molecular flexibility index (Phi) is 8.19. The van der Waals surface area contributed by atoms with Crippen LogP contribution in [0.25, 0.3) is 0 Å². The van der Waals surface area contributed by atoms with Crippen molar-refractivity contribution in [2.24, 2.45) is 5.92 Å². The monoisotopic (exact) mass is 300 g/mol. The molecule has 1 aromatic carbocycles. The van der Waals surface area contributed by atoms with Crippen molar-refractivity contribution in [2.75, 3.05) is 0 Å². The van der Waals surface area contributed by atoms with Gasteiger partial charge in [0, 0.05) is 0 Å². The Morgan fingerprint density at radius 3 is 2.32 bits per heavy atom. The Labute approximate surface area is 136 Å². The van der Waals surface area contributed by atoms with E-state index >= 15 is 0 Å². The molecule has 1 N–H and O–H groups in total. The average Bonchev–Trinajstić information content (AvgIpc) is 2.56. The molecule has 0 spiro atoms. The predicted octanol–water partition coefficient (Wildman–Crippen LogP) is 6.00. The number of hydrogen-bond donors (Lipinski definition) is 1. The van der Waals surface area contributed by atoms with Gasteiger partial charge in [-0.3, -0.25) is 0 Å². The molecule has 22 heavy (non-hydrogen) atoms. The summed E-state index contributed by atoms with van der Waals surface area (Å²) in [4.78, 5) is 0. The molecule has 0 aliphatic carbocycles. The zero-order valence-corrected chi connectivity index (χ0v) is 14.5. The second-order valence-corrected chi connectivity index (χ2v) is 6.06. The summed E-state index contributed by atoms with van der Waals surface area (Å²) < 4.78 is 0. The summed E-state index contributed by atoms with van der Waals surface area (Å²) in [5.41, 5.74) is 0.980. The Morgan fingerprint density at radius 2 is 1.82 bits per heavy atom. The molecule has 0 saturated carbocycles. The van der Waals surface area contributed by atoms with Crippen LogP contribution in [-0.4, -0.2) is 5.11 Å². The van der Waals surface area contributed by atoms with E-state index in [1.807, 2.05) is 49.4 Å². The molecule has 0 heterocycles. The molecule has 0 aromatic heterocycles. The van der Waals surface area contributed by atoms with Gasteiger partial charge in [0.1, 0.15) is 5.60 Å². The summed E-state index contributed by atoms with van der Waals surface area (Å²) in [6.07, 6.45) is 10.6. The highest BCUT2D eigenvalue weighted by atomic mass is 16.3. The van der Waals surface area contributed by atoms with E-state index in [1.54, 1.807) is 0 Å². The fourth-order valence-electron chi connectivity index (χ4n) is 3.38. The smallest absolute Gasteiger partial charge is 0.117 e. The molecule has 0 saturated heterocycles. The molecule has 1 rings (SSSR count). The molecule has 0 amide bonds. The lowest BCUT2D eigenvalue weighted by Gasteiger charge is -2.38. The van der Waals surface area contributed by atoms with Gasteiger partial charge in [-0.1, -0.05) is 88.6 Å². The average molecular weight is 300 g/mol. The topological polar surface area (TPSA) is 20.2 Å². The molecule has 0 aliphatic rings. The van der Waals surface area contributed by atoms with Crippen LogP contribution in [0.15, 0.2) is 54.6 Å². The van der Waals surface area contributed by atoms with Gasteiger partial charge >= 0.3 is 0 Å². The number of aliphatic hydroxyl groups is 1. The highest BCUT2D eigenvalue weighted by Gasteiger charge is 2.39. The number of rotatable bonds is 10. The third kappa shape index (κ3) is 4.33. The standard InChI is InChI=1S/C21H32O/c1-5-9-11-15-19(14-6-2)21(22,18(7-3)8-4)20-16-12-10-13-17-20/h7-8,10,12-13,16-17,19,22H,3,5-6,9,11,14-15H2,1-2,4H3/b18-8+/t19-,21?/m1/s1. The van der Waals surface area contributed by atoms with Crippen LogP contribution in [0.5, 0.6) is 0 Å². The highest BCUT2D eigenvalue weighted by Crippen LogP contribution is 2.42. The van der Waals surface area contributed by atoms with Gasteiger partial charge in [-0.05, 0) is 36.8 Å². The first kappa shape index (κ1) is 18.7. The van der Waals surface area contributed by atoms with Crippen molar-refractivity contribution in [1.29, 1.82) is 0 Å². The maximum Gasteiger partial charge on any atom is 0.117 e. The van der Waals surface area contributed by atoms with E-state index in [2.05, 4.69) is 20.4 Å². The molecule has 0 radical (unpaired) electrons. The SMILES string of the molecule is C=C/C(=C\C)C(O)(c1ccccc1)[C@H](CCC)CCCCC. The molecule has 1 unspecified atom stereocenters. The second-order valence-electron chi connectivity index (χ2n) is 6.06. The van der Waals surface area contributed by atoms with Crippen LogP contribution in [-0.2, 0) is 5.60 Å². The van der Waals surface area contributed by atoms with E-state index < -0.39 is 5.60 Å². The van der Waals surface area contributed by atoms with Crippen LogP contribution in [0.1, 0.15) is 64.9 Å². The Bertz CT molecular complexity index is 460. The molecule has 1 nitrogen and oxygen atoms in total. The maximum atomic E-state index is 11.7. The lowest BCUT2D eigenvalue weighted by atomic mass is 9.71. The third-order valence-corrected chi connectivity index (χ3v) is 4.57. The molecule has 1 heteroatoms. The minimum atomic E-state index is -0.929. The van der Waals surface area contributed by atoms with Gasteiger partial charge in [-0.2, -0.15) is 0 Å². The fraction of sp³-hybridized carbons (Fsp3) is 0.524. The summed E-state index contributed by atoms with van der Waals surface area (Å²) in [6.45, 7) is 10.3. The van der Waals surface area contributed by atoms with Gasteiger partial charge < -0.3 is 5.11 Å². The molecule has 1 aromatic rings. The first-order chi connectivity index (χ1) is 10.6. The van der Waals surface area contributed by atoms with Crippen LogP contribution in [0.2, 0.25) is 0 Å². The molecular weight excluding hydrogens is 268 g/mol. The molecule has 2 atom stereocenters. The van der Waals surface area contributed by atoms with Gasteiger partial charge in [0.15, 0.2) is 0 Å². The summed E-state index contributed by atoms with van der Waals surface area (Å²) in [6, 6.07) is 10.1. The van der Waals surface area contributed by atoms with Gasteiger partial charge in [-0.25, -0.2) is 0 Å². The highest BCUT2D eigenvalue weighted by molar-refractivity contribution is 5.38. The van der Waals surface area contributed by atoms with E-state index in [0.29, 0.717) is 0 Å². The zero-order valence-electron chi connectivity index (χ0n) is 14.5. The Balaban J connectivity index is 3.24. The van der Waals surface area contributed by atoms with Crippen molar-refractivity contribution in [3.05, 3.63) is 60.2 Å². The van der Waals surface area contributed by atoms with Crippen molar-refractivity contribution >= 4 is 0 Å². The minimum Gasteiger partial charge on any atom is -0.380 e. The molecule has 0 fully saturated rings. The van der Waals surface area contributed by atoms with Crippen LogP contribution in [0.4, 0.5) is 0 Å². The van der Waals surface area contributed by atoms with E-state index in [-0.39, 0.29) is 5.92 Å². The third-order valence-electron chi connectivity index (χ3n) is 4.57. The number of benzene rings is 1. The van der Waals surface area contributed by atoms with E-state index in [9.17, 15) is 5.11 Å². The molecular formula is C21H32O. The van der Waals surface area contributed by atoms with Gasteiger partial charge in [0.25, 0.3) is 0 Å². The lowest BCUT2D eigenvalue weighted by Crippen LogP contribution is -2.37. The van der Waals surface area contributed by atoms with E-state index in [1.165, 1.54) is 19.3 Å². The minimum absolute atomic E-state index is 0.232. The normalized spacial score (nSPS) is 16.1. The van der Waals surface area contributed by atoms with Gasteiger partial charge in [0.05, 0.1) is 0 Å². The number of allylic oxidation sites excluding steroid dienone is 1. The van der Waals surface area contributed by atoms with Crippen molar-refractivity contribution in [1.82, 2.24) is 0 Å². The summed E-state index contributed by atoms with van der Waals surface area (Å²) >= 11 is 0. The Hall–Kier alpha value is -1.34. The largest absolute Gasteiger partial charge is 0.380 e. The number of unbranched alkanes of at least 4 members (excludes halogenated alkanes) is 2. The summed E-state index contributed by atoms with van der Waals surface area (Å²) in [7, 11) is 0. The van der Waals surface area contributed by atoms with Gasteiger partial charge in [-0.15, -0.1) is 0 Å². The Morgan fingerprint density at radius 1 is 1.14 bits per heavy atom. The lowest BCUT2D eigenvalue weighted by molar-refractivity contribution is 0.00577.